The first-order valence-electron chi connectivity index (χ1n) is 4.92. The molecule has 0 spiro atoms. The fourth-order valence-electron chi connectivity index (χ4n) is 1.14. The lowest BCUT2D eigenvalue weighted by molar-refractivity contribution is -0.140. The van der Waals surface area contributed by atoms with E-state index in [9.17, 15) is 9.59 Å². The first-order valence-corrected chi connectivity index (χ1v) is 4.92. The third-order valence-electron chi connectivity index (χ3n) is 1.86. The van der Waals surface area contributed by atoms with E-state index in [-0.39, 0.29) is 24.2 Å². The van der Waals surface area contributed by atoms with Gasteiger partial charge >= 0.3 is 5.97 Å². The molecule has 0 aliphatic rings. The van der Waals surface area contributed by atoms with Crippen molar-refractivity contribution in [3.05, 3.63) is 0 Å². The summed E-state index contributed by atoms with van der Waals surface area (Å²) in [7, 11) is 2.93. The Bertz CT molecular complexity index is 206. The number of hydrogen-bond donors (Lipinski definition) is 1. The van der Waals surface area contributed by atoms with Crippen molar-refractivity contribution < 1.29 is 19.1 Å². The number of carbonyl (C=O) groups excluding carboxylic acids is 2. The monoisotopic (exact) mass is 217 g/mol. The van der Waals surface area contributed by atoms with Crippen LogP contribution in [0.5, 0.6) is 0 Å². The van der Waals surface area contributed by atoms with Crippen LogP contribution in [0.2, 0.25) is 0 Å². The van der Waals surface area contributed by atoms with Crippen LogP contribution in [0.25, 0.3) is 0 Å². The van der Waals surface area contributed by atoms with Crippen LogP contribution >= 0.6 is 0 Å². The van der Waals surface area contributed by atoms with Crippen molar-refractivity contribution in [3.63, 3.8) is 0 Å². The van der Waals surface area contributed by atoms with Gasteiger partial charge in [0.2, 0.25) is 5.91 Å². The smallest absolute Gasteiger partial charge is 0.307 e. The van der Waals surface area contributed by atoms with E-state index in [1.54, 1.807) is 7.11 Å². The second kappa shape index (κ2) is 8.23. The molecule has 1 unspecified atom stereocenters. The van der Waals surface area contributed by atoms with Gasteiger partial charge < -0.3 is 14.8 Å². The van der Waals surface area contributed by atoms with E-state index in [1.165, 1.54) is 7.11 Å². The van der Waals surface area contributed by atoms with Crippen LogP contribution in [-0.4, -0.2) is 39.2 Å². The summed E-state index contributed by atoms with van der Waals surface area (Å²) in [5, 5.41) is 2.64. The van der Waals surface area contributed by atoms with Crippen LogP contribution in [0.3, 0.4) is 0 Å². The summed E-state index contributed by atoms with van der Waals surface area (Å²) in [5.41, 5.74) is 0. The number of amides is 1. The fourth-order valence-corrected chi connectivity index (χ4v) is 1.14. The van der Waals surface area contributed by atoms with E-state index in [4.69, 9.17) is 4.74 Å². The average Bonchev–Trinajstić information content (AvgIpc) is 2.17. The molecule has 0 fully saturated rings. The van der Waals surface area contributed by atoms with Gasteiger partial charge in [-0.05, 0) is 5.92 Å². The van der Waals surface area contributed by atoms with Crippen molar-refractivity contribution in [2.75, 3.05) is 27.4 Å². The van der Waals surface area contributed by atoms with Crippen LogP contribution in [0.1, 0.15) is 19.8 Å². The van der Waals surface area contributed by atoms with Crippen molar-refractivity contribution in [1.82, 2.24) is 5.32 Å². The normalized spacial score (nSPS) is 11.9. The molecule has 0 rings (SSSR count). The highest BCUT2D eigenvalue weighted by atomic mass is 16.5. The Hall–Kier alpha value is -1.10. The summed E-state index contributed by atoms with van der Waals surface area (Å²) in [6.45, 7) is 2.82. The predicted octanol–water partition coefficient (Wildman–Crippen LogP) is 0.338. The summed E-state index contributed by atoms with van der Waals surface area (Å²) < 4.78 is 9.35. The third-order valence-corrected chi connectivity index (χ3v) is 1.86. The SMILES string of the molecule is COCC(C)CC(=O)NCCC(=O)OC. The zero-order chi connectivity index (χ0) is 11.7. The lowest BCUT2D eigenvalue weighted by atomic mass is 10.1. The molecule has 88 valence electrons. The van der Waals surface area contributed by atoms with Crippen LogP contribution in [-0.2, 0) is 19.1 Å². The molecular formula is C10H19NO4. The van der Waals surface area contributed by atoms with Gasteiger partial charge in [-0.15, -0.1) is 0 Å². The minimum absolute atomic E-state index is 0.0662. The van der Waals surface area contributed by atoms with Crippen molar-refractivity contribution in [3.8, 4) is 0 Å². The molecule has 0 aromatic heterocycles. The van der Waals surface area contributed by atoms with Gasteiger partial charge in [0, 0.05) is 26.7 Å². The zero-order valence-corrected chi connectivity index (χ0v) is 9.54. The third kappa shape index (κ3) is 7.93. The Labute approximate surface area is 90.1 Å². The molecule has 0 radical (unpaired) electrons. The second-order valence-corrected chi connectivity index (χ2v) is 3.44. The largest absolute Gasteiger partial charge is 0.469 e. The quantitative estimate of drug-likeness (QED) is 0.624. The predicted molar refractivity (Wildman–Crippen MR) is 55.3 cm³/mol. The zero-order valence-electron chi connectivity index (χ0n) is 9.54. The first-order chi connectivity index (χ1) is 7.10. The van der Waals surface area contributed by atoms with E-state index in [0.717, 1.165) is 0 Å². The van der Waals surface area contributed by atoms with Gasteiger partial charge in [0.15, 0.2) is 0 Å². The van der Waals surface area contributed by atoms with Gasteiger partial charge in [0.25, 0.3) is 0 Å². The highest BCUT2D eigenvalue weighted by Gasteiger charge is 2.08. The number of rotatable bonds is 7. The molecular weight excluding hydrogens is 198 g/mol. The molecule has 0 aliphatic heterocycles. The number of nitrogens with one attached hydrogen (secondary N) is 1. The summed E-state index contributed by atoms with van der Waals surface area (Å²) in [6, 6.07) is 0. The fraction of sp³-hybridized carbons (Fsp3) is 0.800. The first kappa shape index (κ1) is 13.9. The standard InChI is InChI=1S/C10H19NO4/c1-8(7-14-2)6-9(12)11-5-4-10(13)15-3/h8H,4-7H2,1-3H3,(H,11,12). The molecule has 1 amide bonds. The van der Waals surface area contributed by atoms with Gasteiger partial charge in [-0.3, -0.25) is 9.59 Å². The van der Waals surface area contributed by atoms with Crippen molar-refractivity contribution in [1.29, 1.82) is 0 Å². The van der Waals surface area contributed by atoms with Crippen molar-refractivity contribution in [2.24, 2.45) is 5.92 Å². The summed E-state index contributed by atoms with van der Waals surface area (Å²) in [6.07, 6.45) is 0.621. The average molecular weight is 217 g/mol. The van der Waals surface area contributed by atoms with Crippen LogP contribution in [0.4, 0.5) is 0 Å². The topological polar surface area (TPSA) is 64.6 Å². The molecule has 15 heavy (non-hydrogen) atoms. The van der Waals surface area contributed by atoms with Gasteiger partial charge in [-0.1, -0.05) is 6.92 Å². The molecule has 0 heterocycles. The van der Waals surface area contributed by atoms with E-state index >= 15 is 0 Å². The van der Waals surface area contributed by atoms with Gasteiger partial charge in [0.05, 0.1) is 13.5 Å². The molecule has 5 heteroatoms. The molecule has 1 N–H and O–H groups in total. The van der Waals surface area contributed by atoms with Gasteiger partial charge in [-0.2, -0.15) is 0 Å². The highest BCUT2D eigenvalue weighted by Crippen LogP contribution is 2.01. The van der Waals surface area contributed by atoms with Crippen LogP contribution in [0, 0.1) is 5.92 Å². The van der Waals surface area contributed by atoms with E-state index < -0.39 is 0 Å². The maximum atomic E-state index is 11.3. The van der Waals surface area contributed by atoms with Crippen molar-refractivity contribution in [2.45, 2.75) is 19.8 Å². The Morgan fingerprint density at radius 1 is 1.33 bits per heavy atom. The van der Waals surface area contributed by atoms with Crippen LogP contribution < -0.4 is 5.32 Å². The molecule has 5 nitrogen and oxygen atoms in total. The Morgan fingerprint density at radius 3 is 2.53 bits per heavy atom. The Morgan fingerprint density at radius 2 is 2.00 bits per heavy atom. The van der Waals surface area contributed by atoms with Gasteiger partial charge in [0.1, 0.15) is 0 Å². The number of carbonyl (C=O) groups is 2. The second-order valence-electron chi connectivity index (χ2n) is 3.44. The summed E-state index contributed by atoms with van der Waals surface area (Å²) >= 11 is 0. The lowest BCUT2D eigenvalue weighted by Gasteiger charge is -2.09. The van der Waals surface area contributed by atoms with Gasteiger partial charge in [-0.25, -0.2) is 0 Å². The number of esters is 1. The molecule has 0 aromatic rings. The molecule has 0 saturated carbocycles. The lowest BCUT2D eigenvalue weighted by Crippen LogP contribution is -2.28. The number of ether oxygens (including phenoxy) is 2. The minimum Gasteiger partial charge on any atom is -0.469 e. The maximum absolute atomic E-state index is 11.3. The maximum Gasteiger partial charge on any atom is 0.307 e. The van der Waals surface area contributed by atoms with E-state index in [1.807, 2.05) is 6.92 Å². The van der Waals surface area contributed by atoms with E-state index in [0.29, 0.717) is 19.6 Å². The molecule has 0 bridgehead atoms. The summed E-state index contributed by atoms with van der Waals surface area (Å²) in [4.78, 5) is 22.0. The van der Waals surface area contributed by atoms with E-state index in [2.05, 4.69) is 10.1 Å². The van der Waals surface area contributed by atoms with Crippen LogP contribution in [0.15, 0.2) is 0 Å². The molecule has 0 saturated heterocycles. The summed E-state index contributed by atoms with van der Waals surface area (Å²) in [5.74, 6) is -0.197. The number of hydrogen-bond acceptors (Lipinski definition) is 4. The van der Waals surface area contributed by atoms with Crippen molar-refractivity contribution >= 4 is 11.9 Å². The molecule has 0 aliphatic carbocycles. The molecule has 1 atom stereocenters. The Kier molecular flexibility index (Phi) is 7.62. The molecule has 0 aromatic carbocycles. The Balaban J connectivity index is 3.53. The number of methoxy groups -OCH3 is 2. The highest BCUT2D eigenvalue weighted by molar-refractivity contribution is 5.77. The minimum atomic E-state index is -0.319.